The molecule has 6 nitrogen and oxygen atoms in total. The molecule has 1 atom stereocenters. The molecule has 322 valence electrons. The van der Waals surface area contributed by atoms with Gasteiger partial charge >= 0.3 is 17.9 Å². The number of carbonyl (C=O) groups excluding carboxylic acids is 3. The van der Waals surface area contributed by atoms with Gasteiger partial charge in [-0.3, -0.25) is 14.4 Å². The van der Waals surface area contributed by atoms with Crippen molar-refractivity contribution in [3.63, 3.8) is 0 Å². The molecular weight excluding hydrogens is 733 g/mol. The summed E-state index contributed by atoms with van der Waals surface area (Å²) in [6, 6.07) is 0. The maximum Gasteiger partial charge on any atom is 0.306 e. The van der Waals surface area contributed by atoms with Gasteiger partial charge in [0.1, 0.15) is 13.2 Å². The van der Waals surface area contributed by atoms with Crippen molar-refractivity contribution in [2.24, 2.45) is 0 Å². The number of allylic oxidation sites excluding steroid dienone is 28. The Balaban J connectivity index is 4.70. The SMILES string of the molecule is CC\C=C/C=C\C=C/C=C\C=C/CCCC(=O)OC(COC(=O)CCC/C=C\C/C=C\C/C=C\CC)COC(=O)CCCCC\C=C/C=C/C=C\C=C/C=C\C=C/CC. The van der Waals surface area contributed by atoms with Crippen LogP contribution < -0.4 is 0 Å². The van der Waals surface area contributed by atoms with E-state index >= 15 is 0 Å². The van der Waals surface area contributed by atoms with E-state index in [4.69, 9.17) is 14.2 Å². The van der Waals surface area contributed by atoms with Crippen molar-refractivity contribution in [3.8, 4) is 0 Å². The van der Waals surface area contributed by atoms with Gasteiger partial charge < -0.3 is 14.2 Å². The van der Waals surface area contributed by atoms with Crippen LogP contribution in [0.5, 0.6) is 0 Å². The fraction of sp³-hybridized carbons (Fsp3) is 0.415. The molecule has 0 spiro atoms. The number of carbonyl (C=O) groups is 3. The minimum absolute atomic E-state index is 0.156. The van der Waals surface area contributed by atoms with E-state index < -0.39 is 12.1 Å². The molecule has 0 bridgehead atoms. The lowest BCUT2D eigenvalue weighted by atomic mass is 10.1. The second-order valence-electron chi connectivity index (χ2n) is 13.4. The second-order valence-corrected chi connectivity index (χ2v) is 13.4. The van der Waals surface area contributed by atoms with E-state index in [1.165, 1.54) is 0 Å². The molecule has 0 N–H and O–H groups in total. The summed E-state index contributed by atoms with van der Waals surface area (Å²) in [5, 5.41) is 0. The van der Waals surface area contributed by atoms with Gasteiger partial charge in [0.25, 0.3) is 0 Å². The molecule has 0 rings (SSSR count). The maximum absolute atomic E-state index is 12.7. The van der Waals surface area contributed by atoms with Crippen LogP contribution in [-0.2, 0) is 28.6 Å². The minimum Gasteiger partial charge on any atom is -0.462 e. The van der Waals surface area contributed by atoms with Gasteiger partial charge in [0.05, 0.1) is 0 Å². The molecule has 0 saturated carbocycles. The van der Waals surface area contributed by atoms with Crippen LogP contribution in [-0.4, -0.2) is 37.2 Å². The summed E-state index contributed by atoms with van der Waals surface area (Å²) in [5.41, 5.74) is 0. The van der Waals surface area contributed by atoms with Crippen molar-refractivity contribution in [1.29, 1.82) is 0 Å². The monoisotopic (exact) mass is 807 g/mol. The summed E-state index contributed by atoms with van der Waals surface area (Å²) in [6.07, 6.45) is 67.8. The van der Waals surface area contributed by atoms with Crippen molar-refractivity contribution in [1.82, 2.24) is 0 Å². The molecule has 0 aromatic heterocycles. The molecule has 0 aliphatic rings. The average Bonchev–Trinajstić information content (AvgIpc) is 3.23. The lowest BCUT2D eigenvalue weighted by Gasteiger charge is -2.18. The predicted octanol–water partition coefficient (Wildman–Crippen LogP) is 14.1. The maximum atomic E-state index is 12.7. The fourth-order valence-electron chi connectivity index (χ4n) is 4.82. The highest BCUT2D eigenvalue weighted by atomic mass is 16.6. The third-order valence-corrected chi connectivity index (χ3v) is 7.99. The first kappa shape index (κ1) is 53.8. The fourth-order valence-corrected chi connectivity index (χ4v) is 4.82. The molecule has 0 heterocycles. The van der Waals surface area contributed by atoms with Crippen LogP contribution in [0.4, 0.5) is 0 Å². The van der Waals surface area contributed by atoms with Gasteiger partial charge in [-0.15, -0.1) is 0 Å². The van der Waals surface area contributed by atoms with Crippen molar-refractivity contribution in [2.75, 3.05) is 13.2 Å². The molecule has 0 fully saturated rings. The van der Waals surface area contributed by atoms with Crippen molar-refractivity contribution in [2.45, 2.75) is 130 Å². The van der Waals surface area contributed by atoms with Gasteiger partial charge in [-0.05, 0) is 77.0 Å². The van der Waals surface area contributed by atoms with Gasteiger partial charge in [0, 0.05) is 19.3 Å². The highest BCUT2D eigenvalue weighted by Crippen LogP contribution is 2.09. The zero-order valence-corrected chi connectivity index (χ0v) is 36.4. The lowest BCUT2D eigenvalue weighted by molar-refractivity contribution is -0.167. The second kappa shape index (κ2) is 45.5. The van der Waals surface area contributed by atoms with Crippen molar-refractivity contribution in [3.05, 3.63) is 170 Å². The zero-order valence-electron chi connectivity index (χ0n) is 36.4. The van der Waals surface area contributed by atoms with Crippen LogP contribution in [0, 0.1) is 0 Å². The number of ether oxygens (including phenoxy) is 3. The van der Waals surface area contributed by atoms with E-state index in [1.54, 1.807) is 0 Å². The highest BCUT2D eigenvalue weighted by molar-refractivity contribution is 5.71. The van der Waals surface area contributed by atoms with Crippen molar-refractivity contribution >= 4 is 17.9 Å². The molecular formula is C53H74O6. The van der Waals surface area contributed by atoms with E-state index in [1.807, 2.05) is 115 Å². The van der Waals surface area contributed by atoms with Crippen LogP contribution in [0.25, 0.3) is 0 Å². The van der Waals surface area contributed by atoms with Crippen LogP contribution in [0.3, 0.4) is 0 Å². The summed E-state index contributed by atoms with van der Waals surface area (Å²) in [4.78, 5) is 37.7. The van der Waals surface area contributed by atoms with Gasteiger partial charge in [-0.2, -0.15) is 0 Å². The first-order chi connectivity index (χ1) is 29.0. The zero-order chi connectivity index (χ0) is 43.0. The normalized spacial score (nSPS) is 13.7. The van der Waals surface area contributed by atoms with Crippen LogP contribution in [0.1, 0.15) is 124 Å². The Hall–Kier alpha value is -5.23. The predicted molar refractivity (Wildman–Crippen MR) is 251 cm³/mol. The Morgan fingerprint density at radius 3 is 1.19 bits per heavy atom. The number of hydrogen-bond donors (Lipinski definition) is 0. The summed E-state index contributed by atoms with van der Waals surface area (Å²) in [6.45, 7) is 6.02. The Morgan fingerprint density at radius 1 is 0.356 bits per heavy atom. The summed E-state index contributed by atoms with van der Waals surface area (Å²) >= 11 is 0. The molecule has 0 aromatic carbocycles. The number of esters is 3. The number of unbranched alkanes of at least 4 members (excludes halogenated alkanes) is 5. The molecule has 0 aliphatic heterocycles. The standard InChI is InChI=1S/C53H74O6/c1-4-7-10-13-16-19-22-24-25-26-27-29-31-34-37-40-43-46-52(55)58-49-50(48-57-51(54)45-42-39-36-33-30-21-18-15-12-9-6-3)59-53(56)47-44-41-38-35-32-28-23-20-17-14-11-8-5-2/h7-14,16-29,31-33,35-36,38,50H,4-6,15,30,34,37,39-49H2,1-3H3/b10-7-,11-8-,12-9-,16-13-,17-14-,21-18-,22-19-,23-20-,25-24-,27-26+,31-29-,32-28-,36-33-,38-35-. The molecule has 0 amide bonds. The van der Waals surface area contributed by atoms with Crippen molar-refractivity contribution < 1.29 is 28.6 Å². The Kier molecular flexibility index (Phi) is 41.4. The quantitative estimate of drug-likeness (QED) is 0.0209. The van der Waals surface area contributed by atoms with Gasteiger partial charge in [-0.25, -0.2) is 0 Å². The van der Waals surface area contributed by atoms with Gasteiger partial charge in [0.2, 0.25) is 0 Å². The Labute approximate surface area is 358 Å². The summed E-state index contributed by atoms with van der Waals surface area (Å²) < 4.78 is 16.5. The molecule has 6 heteroatoms. The van der Waals surface area contributed by atoms with E-state index in [0.29, 0.717) is 25.7 Å². The summed E-state index contributed by atoms with van der Waals surface area (Å²) in [7, 11) is 0. The van der Waals surface area contributed by atoms with Crippen LogP contribution >= 0.6 is 0 Å². The highest BCUT2D eigenvalue weighted by Gasteiger charge is 2.19. The first-order valence-electron chi connectivity index (χ1n) is 21.8. The smallest absolute Gasteiger partial charge is 0.306 e. The molecule has 0 radical (unpaired) electrons. The van der Waals surface area contributed by atoms with E-state index in [2.05, 4.69) is 75.5 Å². The number of hydrogen-bond acceptors (Lipinski definition) is 6. The van der Waals surface area contributed by atoms with Gasteiger partial charge in [-0.1, -0.05) is 197 Å². The van der Waals surface area contributed by atoms with Crippen LogP contribution in [0.15, 0.2) is 170 Å². The third-order valence-electron chi connectivity index (χ3n) is 7.99. The molecule has 0 aliphatic carbocycles. The van der Waals surface area contributed by atoms with E-state index in [9.17, 15) is 14.4 Å². The van der Waals surface area contributed by atoms with E-state index in [-0.39, 0.29) is 44.4 Å². The molecule has 1 unspecified atom stereocenters. The Bertz CT molecular complexity index is 1480. The molecule has 0 saturated heterocycles. The average molecular weight is 807 g/mol. The van der Waals surface area contributed by atoms with E-state index in [0.717, 1.165) is 57.8 Å². The number of rotatable bonds is 35. The minimum atomic E-state index is -0.861. The van der Waals surface area contributed by atoms with Gasteiger partial charge in [0.15, 0.2) is 6.10 Å². The van der Waals surface area contributed by atoms with Crippen LogP contribution in [0.2, 0.25) is 0 Å². The first-order valence-corrected chi connectivity index (χ1v) is 21.8. The lowest BCUT2D eigenvalue weighted by Crippen LogP contribution is -2.30. The molecule has 59 heavy (non-hydrogen) atoms. The Morgan fingerprint density at radius 2 is 0.712 bits per heavy atom. The molecule has 0 aromatic rings. The largest absolute Gasteiger partial charge is 0.462 e. The summed E-state index contributed by atoms with van der Waals surface area (Å²) in [5.74, 6) is -1.15. The third kappa shape index (κ3) is 43.7. The topological polar surface area (TPSA) is 78.9 Å².